The Hall–Kier alpha value is -2.04. The molecule has 0 bridgehead atoms. The average Bonchev–Trinajstić information content (AvgIpc) is 2.81. The van der Waals surface area contributed by atoms with E-state index in [2.05, 4.69) is 5.32 Å². The number of alkyl halides is 8. The first-order valence-corrected chi connectivity index (χ1v) is 13.7. The third-order valence-electron chi connectivity index (χ3n) is 7.14. The number of carbonyl (C=O) groups is 1. The van der Waals surface area contributed by atoms with Crippen molar-refractivity contribution in [3.05, 3.63) is 34.9 Å². The summed E-state index contributed by atoms with van der Waals surface area (Å²) in [6.07, 6.45) is -12.9. The molecule has 1 heterocycles. The fourth-order valence-electron chi connectivity index (χ4n) is 5.03. The maximum Gasteiger partial charge on any atom is 0.417 e. The highest BCUT2D eigenvalue weighted by Crippen LogP contribution is 2.42. The van der Waals surface area contributed by atoms with Crippen molar-refractivity contribution >= 4 is 15.9 Å². The number of sulfonamides is 1. The zero-order valence-electron chi connectivity index (χ0n) is 20.9. The van der Waals surface area contributed by atoms with Gasteiger partial charge in [0.1, 0.15) is 0 Å². The molecule has 3 rings (SSSR count). The van der Waals surface area contributed by atoms with Crippen LogP contribution in [0.4, 0.5) is 35.1 Å². The van der Waals surface area contributed by atoms with E-state index in [1.807, 2.05) is 0 Å². The summed E-state index contributed by atoms with van der Waals surface area (Å²) in [6, 6.07) is 0.626. The van der Waals surface area contributed by atoms with E-state index in [4.69, 9.17) is 0 Å². The Morgan fingerprint density at radius 3 is 2.05 bits per heavy atom. The van der Waals surface area contributed by atoms with E-state index in [9.17, 15) is 53.4 Å². The number of hydrogen-bond acceptors (Lipinski definition) is 5. The van der Waals surface area contributed by atoms with Gasteiger partial charge in [0.2, 0.25) is 15.9 Å². The standard InChI is InChI=1S/C23H29F8N3O4S/c1-15(35)13-39(37,38)34-10-8-33(9-11-34)20(4-6-21(24,25)7-5-20)14-32-19(36)17-3-2-16(22(26,27)28)12-18(17)23(29,30)31/h2-3,12,15,35H,4-11,13-14H2,1H3,(H,32,36). The third kappa shape index (κ3) is 7.58. The average molecular weight is 596 g/mol. The van der Waals surface area contributed by atoms with Gasteiger partial charge in [-0.15, -0.1) is 0 Å². The zero-order chi connectivity index (χ0) is 29.4. The molecule has 1 atom stereocenters. The zero-order valence-corrected chi connectivity index (χ0v) is 21.7. The van der Waals surface area contributed by atoms with Crippen molar-refractivity contribution in [2.75, 3.05) is 38.5 Å². The van der Waals surface area contributed by atoms with Crippen LogP contribution < -0.4 is 5.32 Å². The summed E-state index contributed by atoms with van der Waals surface area (Å²) in [5.74, 6) is -4.81. The Kier molecular flexibility index (Phi) is 8.95. The van der Waals surface area contributed by atoms with E-state index in [1.165, 1.54) is 6.92 Å². The van der Waals surface area contributed by atoms with Crippen LogP contribution in [0.2, 0.25) is 0 Å². The van der Waals surface area contributed by atoms with Crippen molar-refractivity contribution < 1.29 is 53.4 Å². The fraction of sp³-hybridized carbons (Fsp3) is 0.696. The van der Waals surface area contributed by atoms with Gasteiger partial charge >= 0.3 is 12.4 Å². The summed E-state index contributed by atoms with van der Waals surface area (Å²) in [7, 11) is -3.79. The Bertz CT molecular complexity index is 1140. The number of aliphatic hydroxyl groups is 1. The van der Waals surface area contributed by atoms with Gasteiger partial charge < -0.3 is 10.4 Å². The lowest BCUT2D eigenvalue weighted by molar-refractivity contribution is -0.143. The molecule has 0 spiro atoms. The van der Waals surface area contributed by atoms with E-state index < -0.39 is 81.1 Å². The maximum absolute atomic E-state index is 14.0. The van der Waals surface area contributed by atoms with E-state index in [-0.39, 0.29) is 51.6 Å². The molecule has 39 heavy (non-hydrogen) atoms. The van der Waals surface area contributed by atoms with Crippen molar-refractivity contribution in [2.45, 2.75) is 62.5 Å². The molecule has 0 aromatic heterocycles. The summed E-state index contributed by atoms with van der Waals surface area (Å²) in [6.45, 7) is 1.04. The Morgan fingerprint density at radius 1 is 1.00 bits per heavy atom. The molecule has 0 radical (unpaired) electrons. The normalized spacial score (nSPS) is 21.9. The van der Waals surface area contributed by atoms with Crippen LogP contribution in [0.15, 0.2) is 18.2 Å². The highest BCUT2D eigenvalue weighted by Gasteiger charge is 2.48. The second-order valence-electron chi connectivity index (χ2n) is 10.0. The molecule has 2 aliphatic rings. The van der Waals surface area contributed by atoms with Gasteiger partial charge in [-0.2, -0.15) is 30.6 Å². The Morgan fingerprint density at radius 2 is 1.56 bits per heavy atom. The molecular formula is C23H29F8N3O4S. The van der Waals surface area contributed by atoms with Crippen LogP contribution in [0.1, 0.15) is 54.1 Å². The Labute approximate surface area is 220 Å². The minimum atomic E-state index is -5.27. The first kappa shape index (κ1) is 31.5. The third-order valence-corrected chi connectivity index (χ3v) is 9.20. The second-order valence-corrected chi connectivity index (χ2v) is 12.0. The molecule has 1 amide bonds. The summed E-state index contributed by atoms with van der Waals surface area (Å²) < 4.78 is 134. The van der Waals surface area contributed by atoms with Crippen molar-refractivity contribution in [3.63, 3.8) is 0 Å². The molecule has 1 saturated carbocycles. The van der Waals surface area contributed by atoms with Crippen molar-refractivity contribution in [2.24, 2.45) is 0 Å². The lowest BCUT2D eigenvalue weighted by atomic mass is 9.78. The van der Waals surface area contributed by atoms with E-state index in [0.29, 0.717) is 12.1 Å². The van der Waals surface area contributed by atoms with Crippen LogP contribution >= 0.6 is 0 Å². The molecular weight excluding hydrogens is 566 g/mol. The van der Waals surface area contributed by atoms with E-state index in [0.717, 1.165) is 4.31 Å². The van der Waals surface area contributed by atoms with Gasteiger partial charge in [-0.1, -0.05) is 0 Å². The molecule has 222 valence electrons. The highest BCUT2D eigenvalue weighted by molar-refractivity contribution is 7.89. The number of aliphatic hydroxyl groups excluding tert-OH is 1. The molecule has 1 saturated heterocycles. The second kappa shape index (κ2) is 11.1. The van der Waals surface area contributed by atoms with Gasteiger partial charge in [0.25, 0.3) is 5.91 Å². The van der Waals surface area contributed by atoms with Gasteiger partial charge in [0.05, 0.1) is 28.5 Å². The van der Waals surface area contributed by atoms with Gasteiger partial charge in [0.15, 0.2) is 0 Å². The largest absolute Gasteiger partial charge is 0.417 e. The molecule has 1 aromatic carbocycles. The van der Waals surface area contributed by atoms with Crippen molar-refractivity contribution in [1.29, 1.82) is 0 Å². The number of nitrogens with one attached hydrogen (secondary N) is 1. The van der Waals surface area contributed by atoms with Gasteiger partial charge in [-0.05, 0) is 38.0 Å². The van der Waals surface area contributed by atoms with Crippen LogP contribution in [0.5, 0.6) is 0 Å². The van der Waals surface area contributed by atoms with Crippen molar-refractivity contribution in [1.82, 2.24) is 14.5 Å². The SMILES string of the molecule is CC(O)CS(=O)(=O)N1CCN(C2(CNC(=O)c3ccc(C(F)(F)F)cc3C(F)(F)F)CCC(F)(F)CC2)CC1. The number of carbonyl (C=O) groups excluding carboxylic acids is 1. The molecule has 2 fully saturated rings. The predicted octanol–water partition coefficient (Wildman–Crippen LogP) is 3.73. The quantitative estimate of drug-likeness (QED) is 0.469. The lowest BCUT2D eigenvalue weighted by Crippen LogP contribution is -2.63. The number of amides is 1. The number of rotatable bonds is 7. The van der Waals surface area contributed by atoms with Crippen LogP contribution in [0.25, 0.3) is 0 Å². The maximum atomic E-state index is 14.0. The van der Waals surface area contributed by atoms with Gasteiger partial charge in [-0.3, -0.25) is 9.69 Å². The van der Waals surface area contributed by atoms with Crippen LogP contribution in [0, 0.1) is 0 Å². The summed E-state index contributed by atoms with van der Waals surface area (Å²) in [5.41, 5.74) is -5.54. The first-order chi connectivity index (χ1) is 17.8. The van der Waals surface area contributed by atoms with E-state index >= 15 is 0 Å². The van der Waals surface area contributed by atoms with Gasteiger partial charge in [0, 0.05) is 51.1 Å². The smallest absolute Gasteiger partial charge is 0.392 e. The minimum Gasteiger partial charge on any atom is -0.392 e. The van der Waals surface area contributed by atoms with Crippen LogP contribution in [0.3, 0.4) is 0 Å². The number of benzene rings is 1. The number of piperazine rings is 1. The van der Waals surface area contributed by atoms with Crippen LogP contribution in [-0.4, -0.2) is 84.7 Å². The lowest BCUT2D eigenvalue weighted by Gasteiger charge is -2.50. The minimum absolute atomic E-state index is 0.0295. The summed E-state index contributed by atoms with van der Waals surface area (Å²) in [5, 5.41) is 11.8. The molecule has 16 heteroatoms. The van der Waals surface area contributed by atoms with E-state index in [1.54, 1.807) is 4.90 Å². The molecule has 2 N–H and O–H groups in total. The first-order valence-electron chi connectivity index (χ1n) is 12.1. The number of halogens is 8. The molecule has 1 aromatic rings. The fourth-order valence-corrected chi connectivity index (χ4v) is 6.57. The monoisotopic (exact) mass is 595 g/mol. The Balaban J connectivity index is 1.81. The number of hydrogen-bond donors (Lipinski definition) is 2. The topological polar surface area (TPSA) is 89.9 Å². The summed E-state index contributed by atoms with van der Waals surface area (Å²) >= 11 is 0. The highest BCUT2D eigenvalue weighted by atomic mass is 32.2. The molecule has 1 aliphatic carbocycles. The van der Waals surface area contributed by atoms with Crippen molar-refractivity contribution in [3.8, 4) is 0 Å². The molecule has 1 unspecified atom stereocenters. The molecule has 7 nitrogen and oxygen atoms in total. The predicted molar refractivity (Wildman–Crippen MR) is 124 cm³/mol. The molecule has 1 aliphatic heterocycles. The number of nitrogens with zero attached hydrogens (tertiary/aromatic N) is 2. The van der Waals surface area contributed by atoms with Crippen LogP contribution in [-0.2, 0) is 22.4 Å². The summed E-state index contributed by atoms with van der Waals surface area (Å²) in [4.78, 5) is 14.5. The van der Waals surface area contributed by atoms with Gasteiger partial charge in [-0.25, -0.2) is 17.2 Å².